The molecule has 0 aromatic heterocycles. The minimum atomic E-state index is -0.532. The van der Waals surface area contributed by atoms with Crippen LogP contribution in [-0.4, -0.2) is 64.6 Å². The average Bonchev–Trinajstić information content (AvgIpc) is 3.38. The van der Waals surface area contributed by atoms with E-state index < -0.39 is 11.1 Å². The van der Waals surface area contributed by atoms with Crippen LogP contribution in [0.3, 0.4) is 0 Å². The standard InChI is InChI=1S/C22H33N3O2S/c1-21(2,3)27-20(26)25(18-9-12-24(13-10-18)14-11-23)22(16-28)15-19(22)17-7-5-4-6-8-17/h4-8,16,18-19H,9-15,23H2,1-3H3/t19-,22-/m0/s1. The molecule has 1 aliphatic carbocycles. The van der Waals surface area contributed by atoms with Gasteiger partial charge in [-0.3, -0.25) is 4.90 Å². The van der Waals surface area contributed by atoms with Crippen LogP contribution in [0.25, 0.3) is 0 Å². The second kappa shape index (κ2) is 8.47. The molecule has 0 bridgehead atoms. The summed E-state index contributed by atoms with van der Waals surface area (Å²) in [6.45, 7) is 9.22. The second-order valence-electron chi connectivity index (χ2n) is 8.99. The van der Waals surface area contributed by atoms with E-state index in [9.17, 15) is 4.79 Å². The molecule has 2 fully saturated rings. The largest absolute Gasteiger partial charge is 0.444 e. The predicted octanol–water partition coefficient (Wildman–Crippen LogP) is 3.57. The van der Waals surface area contributed by atoms with Gasteiger partial charge < -0.3 is 15.4 Å². The Bertz CT molecular complexity index is 683. The zero-order chi connectivity index (χ0) is 20.4. The van der Waals surface area contributed by atoms with Crippen LogP contribution in [0.1, 0.15) is 51.5 Å². The van der Waals surface area contributed by atoms with Crippen molar-refractivity contribution in [3.63, 3.8) is 0 Å². The maximum Gasteiger partial charge on any atom is 0.411 e. The highest BCUT2D eigenvalue weighted by atomic mass is 32.1. The normalized spacial score (nSPS) is 25.9. The second-order valence-corrected chi connectivity index (χ2v) is 9.22. The van der Waals surface area contributed by atoms with Crippen molar-refractivity contribution in [2.45, 2.75) is 63.1 Å². The van der Waals surface area contributed by atoms with Gasteiger partial charge in [0, 0.05) is 43.5 Å². The van der Waals surface area contributed by atoms with Crippen molar-refractivity contribution in [1.29, 1.82) is 0 Å². The van der Waals surface area contributed by atoms with Gasteiger partial charge in [-0.2, -0.15) is 0 Å². The quantitative estimate of drug-likeness (QED) is 0.736. The summed E-state index contributed by atoms with van der Waals surface area (Å²) in [6, 6.07) is 10.5. The average molecular weight is 404 g/mol. The van der Waals surface area contributed by atoms with Gasteiger partial charge in [0.1, 0.15) is 5.60 Å². The van der Waals surface area contributed by atoms with E-state index in [1.165, 1.54) is 5.56 Å². The molecule has 0 spiro atoms. The number of likely N-dealkylation sites (tertiary alicyclic amines) is 1. The minimum absolute atomic E-state index is 0.136. The topological polar surface area (TPSA) is 58.8 Å². The number of hydrogen-bond acceptors (Lipinski definition) is 5. The van der Waals surface area contributed by atoms with Crippen LogP contribution in [0, 0.1) is 0 Å². The number of nitrogens with zero attached hydrogens (tertiary/aromatic N) is 2. The number of hydrogen-bond donors (Lipinski definition) is 1. The summed E-state index contributed by atoms with van der Waals surface area (Å²) in [4.78, 5) is 17.6. The first-order chi connectivity index (χ1) is 13.3. The van der Waals surface area contributed by atoms with Crippen molar-refractivity contribution in [3.8, 4) is 0 Å². The SMILES string of the molecule is CC(C)(C)OC(=O)N(C1CCN(CCN)CC1)[C@]1(C=S)C[C@H]1c1ccccc1. The van der Waals surface area contributed by atoms with E-state index in [2.05, 4.69) is 17.0 Å². The summed E-state index contributed by atoms with van der Waals surface area (Å²) < 4.78 is 5.83. The first-order valence-electron chi connectivity index (χ1n) is 10.3. The molecule has 1 saturated heterocycles. The molecule has 5 nitrogen and oxygen atoms in total. The molecule has 1 aromatic carbocycles. The Morgan fingerprint density at radius 1 is 1.32 bits per heavy atom. The van der Waals surface area contributed by atoms with Crippen LogP contribution in [0.2, 0.25) is 0 Å². The number of thiocarbonyl (C=S) groups is 1. The van der Waals surface area contributed by atoms with E-state index in [-0.39, 0.29) is 18.1 Å². The Morgan fingerprint density at radius 3 is 2.50 bits per heavy atom. The van der Waals surface area contributed by atoms with Gasteiger partial charge in [0.2, 0.25) is 0 Å². The van der Waals surface area contributed by atoms with E-state index in [4.69, 9.17) is 22.7 Å². The molecule has 1 saturated carbocycles. The number of carbonyl (C=O) groups is 1. The smallest absolute Gasteiger partial charge is 0.411 e. The molecule has 28 heavy (non-hydrogen) atoms. The highest BCUT2D eigenvalue weighted by Crippen LogP contribution is 2.56. The van der Waals surface area contributed by atoms with Gasteiger partial charge in [0.15, 0.2) is 0 Å². The molecular formula is C22H33N3O2S. The first kappa shape index (κ1) is 21.2. The fourth-order valence-corrected chi connectivity index (χ4v) is 4.74. The molecule has 2 N–H and O–H groups in total. The molecule has 0 radical (unpaired) electrons. The molecule has 0 unspecified atom stereocenters. The van der Waals surface area contributed by atoms with E-state index in [1.807, 2.05) is 43.9 Å². The van der Waals surface area contributed by atoms with Crippen LogP contribution < -0.4 is 5.73 Å². The lowest BCUT2D eigenvalue weighted by molar-refractivity contribution is 0.0000413. The Balaban J connectivity index is 1.84. The van der Waals surface area contributed by atoms with Gasteiger partial charge in [0.25, 0.3) is 0 Å². The molecule has 6 heteroatoms. The molecule has 2 atom stereocenters. The number of benzene rings is 1. The van der Waals surface area contributed by atoms with E-state index in [0.29, 0.717) is 6.54 Å². The lowest BCUT2D eigenvalue weighted by Gasteiger charge is -2.42. The summed E-state index contributed by atoms with van der Waals surface area (Å²) in [7, 11) is 0. The number of amides is 1. The molecule has 1 aliphatic heterocycles. The number of piperidine rings is 1. The third-order valence-corrected chi connectivity index (χ3v) is 6.19. The van der Waals surface area contributed by atoms with Gasteiger partial charge >= 0.3 is 6.09 Å². The number of rotatable bonds is 6. The zero-order valence-corrected chi connectivity index (χ0v) is 18.1. The minimum Gasteiger partial charge on any atom is -0.444 e. The highest BCUT2D eigenvalue weighted by Gasteiger charge is 2.61. The van der Waals surface area contributed by atoms with Crippen LogP contribution in [0.5, 0.6) is 0 Å². The molecular weight excluding hydrogens is 370 g/mol. The third-order valence-electron chi connectivity index (χ3n) is 5.79. The maximum atomic E-state index is 13.3. The van der Waals surface area contributed by atoms with Gasteiger partial charge in [-0.25, -0.2) is 4.79 Å². The van der Waals surface area contributed by atoms with Crippen LogP contribution >= 0.6 is 12.2 Å². The summed E-state index contributed by atoms with van der Waals surface area (Å²) in [5, 5.41) is 1.81. The summed E-state index contributed by atoms with van der Waals surface area (Å²) in [5.41, 5.74) is 5.98. The van der Waals surface area contributed by atoms with Crippen molar-refractivity contribution >= 4 is 23.7 Å². The Labute approximate surface area is 174 Å². The summed E-state index contributed by atoms with van der Waals surface area (Å²) in [5.74, 6) is 0.237. The predicted molar refractivity (Wildman–Crippen MR) is 117 cm³/mol. The lowest BCUT2D eigenvalue weighted by Crippen LogP contribution is -2.55. The van der Waals surface area contributed by atoms with Crippen LogP contribution in [0.4, 0.5) is 4.79 Å². The Hall–Kier alpha value is -1.50. The molecule has 1 heterocycles. The van der Waals surface area contributed by atoms with Crippen molar-refractivity contribution in [2.75, 3.05) is 26.2 Å². The molecule has 3 rings (SSSR count). The first-order valence-corrected chi connectivity index (χ1v) is 10.7. The van der Waals surface area contributed by atoms with Gasteiger partial charge in [-0.1, -0.05) is 42.5 Å². The van der Waals surface area contributed by atoms with E-state index >= 15 is 0 Å². The van der Waals surface area contributed by atoms with Crippen LogP contribution in [-0.2, 0) is 4.74 Å². The van der Waals surface area contributed by atoms with Gasteiger partial charge in [-0.15, -0.1) is 0 Å². The number of ether oxygens (including phenoxy) is 1. The number of nitrogens with two attached hydrogens (primary N) is 1. The van der Waals surface area contributed by atoms with Gasteiger partial charge in [-0.05, 0) is 45.6 Å². The maximum absolute atomic E-state index is 13.3. The fraction of sp³-hybridized carbons (Fsp3) is 0.636. The van der Waals surface area contributed by atoms with E-state index in [1.54, 1.807) is 5.37 Å². The highest BCUT2D eigenvalue weighted by molar-refractivity contribution is 7.79. The Kier molecular flexibility index (Phi) is 6.42. The zero-order valence-electron chi connectivity index (χ0n) is 17.3. The Morgan fingerprint density at radius 2 is 1.96 bits per heavy atom. The molecule has 1 aromatic rings. The fourth-order valence-electron chi connectivity index (χ4n) is 4.37. The third kappa shape index (κ3) is 4.56. The van der Waals surface area contributed by atoms with E-state index in [0.717, 1.165) is 38.9 Å². The van der Waals surface area contributed by atoms with Crippen molar-refractivity contribution in [3.05, 3.63) is 35.9 Å². The van der Waals surface area contributed by atoms with Crippen molar-refractivity contribution in [1.82, 2.24) is 9.80 Å². The summed E-state index contributed by atoms with van der Waals surface area (Å²) in [6.07, 6.45) is 2.46. The van der Waals surface area contributed by atoms with Crippen LogP contribution in [0.15, 0.2) is 30.3 Å². The molecule has 1 amide bonds. The summed E-state index contributed by atoms with van der Waals surface area (Å²) >= 11 is 5.50. The van der Waals surface area contributed by atoms with Crippen molar-refractivity contribution in [2.24, 2.45) is 5.73 Å². The van der Waals surface area contributed by atoms with Crippen molar-refractivity contribution < 1.29 is 9.53 Å². The van der Waals surface area contributed by atoms with Gasteiger partial charge in [0.05, 0.1) is 5.54 Å². The molecule has 2 aliphatic rings. The molecule has 154 valence electrons. The monoisotopic (exact) mass is 403 g/mol. The number of carbonyl (C=O) groups excluding carboxylic acids is 1. The lowest BCUT2D eigenvalue weighted by atomic mass is 9.98.